The summed E-state index contributed by atoms with van der Waals surface area (Å²) in [5.74, 6) is -0.217. The van der Waals surface area contributed by atoms with Crippen LogP contribution in [0.15, 0.2) is 16.9 Å². The number of hydrogen-bond acceptors (Lipinski definition) is 6. The molecule has 0 aliphatic rings. The van der Waals surface area contributed by atoms with Gasteiger partial charge in [0, 0.05) is 13.1 Å². The highest BCUT2D eigenvalue weighted by Crippen LogP contribution is 2.35. The average molecular weight is 291 g/mol. The first-order chi connectivity index (χ1) is 9.58. The maximum Gasteiger partial charge on any atom is 0.263 e. The zero-order valence-corrected chi connectivity index (χ0v) is 11.8. The maximum absolute atomic E-state index is 12.2. The van der Waals surface area contributed by atoms with Crippen molar-refractivity contribution in [2.75, 3.05) is 5.73 Å². The SMILES string of the molecule is Cc1nn(C)c2sc(C(=O)NCc3ccon3)c(N)c12. The summed E-state index contributed by atoms with van der Waals surface area (Å²) < 4.78 is 6.44. The third-order valence-corrected chi connectivity index (χ3v) is 4.28. The summed E-state index contributed by atoms with van der Waals surface area (Å²) >= 11 is 1.34. The number of nitrogens with two attached hydrogens (primary N) is 1. The largest absolute Gasteiger partial charge is 0.397 e. The van der Waals surface area contributed by atoms with E-state index in [0.29, 0.717) is 22.8 Å². The van der Waals surface area contributed by atoms with Crippen molar-refractivity contribution >= 4 is 33.1 Å². The lowest BCUT2D eigenvalue weighted by Crippen LogP contribution is -2.22. The van der Waals surface area contributed by atoms with Crippen molar-refractivity contribution in [2.24, 2.45) is 7.05 Å². The van der Waals surface area contributed by atoms with Crippen LogP contribution in [0.2, 0.25) is 0 Å². The molecule has 3 heterocycles. The van der Waals surface area contributed by atoms with Gasteiger partial charge in [0.05, 0.1) is 23.3 Å². The molecule has 3 aromatic heterocycles. The van der Waals surface area contributed by atoms with Crippen LogP contribution in [0.1, 0.15) is 21.1 Å². The van der Waals surface area contributed by atoms with E-state index in [4.69, 9.17) is 10.3 Å². The summed E-state index contributed by atoms with van der Waals surface area (Å²) in [4.78, 5) is 13.6. The van der Waals surface area contributed by atoms with E-state index in [-0.39, 0.29) is 5.91 Å². The molecule has 8 heteroatoms. The second-order valence-corrected chi connectivity index (χ2v) is 5.41. The van der Waals surface area contributed by atoms with Gasteiger partial charge in [-0.15, -0.1) is 11.3 Å². The highest BCUT2D eigenvalue weighted by Gasteiger charge is 2.20. The number of hydrogen-bond donors (Lipinski definition) is 2. The summed E-state index contributed by atoms with van der Waals surface area (Å²) in [6.07, 6.45) is 1.46. The minimum atomic E-state index is -0.217. The van der Waals surface area contributed by atoms with E-state index in [0.717, 1.165) is 15.9 Å². The van der Waals surface area contributed by atoms with Gasteiger partial charge in [-0.3, -0.25) is 9.48 Å². The molecule has 3 aromatic rings. The van der Waals surface area contributed by atoms with E-state index < -0.39 is 0 Å². The summed E-state index contributed by atoms with van der Waals surface area (Å²) in [7, 11) is 1.84. The molecule has 0 saturated heterocycles. The first-order valence-electron chi connectivity index (χ1n) is 5.97. The van der Waals surface area contributed by atoms with Gasteiger partial charge in [-0.25, -0.2) is 0 Å². The number of amides is 1. The van der Waals surface area contributed by atoms with E-state index in [2.05, 4.69) is 15.6 Å². The smallest absolute Gasteiger partial charge is 0.263 e. The number of nitrogens with zero attached hydrogens (tertiary/aromatic N) is 3. The molecule has 3 rings (SSSR count). The van der Waals surface area contributed by atoms with Crippen LogP contribution in [0.4, 0.5) is 5.69 Å². The fraction of sp³-hybridized carbons (Fsp3) is 0.250. The van der Waals surface area contributed by atoms with Gasteiger partial charge in [-0.05, 0) is 6.92 Å². The van der Waals surface area contributed by atoms with Crippen LogP contribution in [0.25, 0.3) is 10.2 Å². The third-order valence-electron chi connectivity index (χ3n) is 3.01. The molecule has 7 nitrogen and oxygen atoms in total. The van der Waals surface area contributed by atoms with Crippen molar-refractivity contribution in [3.63, 3.8) is 0 Å². The summed E-state index contributed by atoms with van der Waals surface area (Å²) in [6, 6.07) is 1.70. The quantitative estimate of drug-likeness (QED) is 0.760. The Morgan fingerprint density at radius 2 is 2.40 bits per heavy atom. The lowest BCUT2D eigenvalue weighted by atomic mass is 10.2. The first kappa shape index (κ1) is 12.7. The summed E-state index contributed by atoms with van der Waals surface area (Å²) in [5, 5.41) is 11.6. The lowest BCUT2D eigenvalue weighted by molar-refractivity contribution is 0.0955. The highest BCUT2D eigenvalue weighted by molar-refractivity contribution is 7.21. The summed E-state index contributed by atoms with van der Waals surface area (Å²) in [5.41, 5.74) is 8.03. The number of aryl methyl sites for hydroxylation is 2. The third kappa shape index (κ3) is 1.94. The number of aromatic nitrogens is 3. The summed E-state index contributed by atoms with van der Waals surface area (Å²) in [6.45, 7) is 2.18. The predicted molar refractivity (Wildman–Crippen MR) is 75.4 cm³/mol. The van der Waals surface area contributed by atoms with Crippen LogP contribution >= 0.6 is 11.3 Å². The Bertz CT molecular complexity index is 772. The molecule has 0 aliphatic heterocycles. The molecule has 20 heavy (non-hydrogen) atoms. The van der Waals surface area contributed by atoms with Crippen molar-refractivity contribution in [3.8, 4) is 0 Å². The Balaban J connectivity index is 1.88. The van der Waals surface area contributed by atoms with E-state index >= 15 is 0 Å². The molecule has 0 aromatic carbocycles. The van der Waals surface area contributed by atoms with E-state index in [9.17, 15) is 4.79 Å². The van der Waals surface area contributed by atoms with Gasteiger partial charge < -0.3 is 15.6 Å². The molecule has 0 unspecified atom stereocenters. The minimum Gasteiger partial charge on any atom is -0.397 e. The van der Waals surface area contributed by atoms with E-state index in [1.807, 2.05) is 14.0 Å². The van der Waals surface area contributed by atoms with E-state index in [1.54, 1.807) is 10.7 Å². The van der Waals surface area contributed by atoms with Crippen LogP contribution < -0.4 is 11.1 Å². The fourth-order valence-corrected chi connectivity index (χ4v) is 3.18. The Labute approximate surface area is 118 Å². The Kier molecular flexibility index (Phi) is 2.94. The van der Waals surface area contributed by atoms with Crippen LogP contribution in [-0.2, 0) is 13.6 Å². The molecule has 104 valence electrons. The van der Waals surface area contributed by atoms with Gasteiger partial charge in [0.25, 0.3) is 5.91 Å². The number of fused-ring (bicyclic) bond motifs is 1. The number of anilines is 1. The Morgan fingerprint density at radius 3 is 3.05 bits per heavy atom. The van der Waals surface area contributed by atoms with Crippen molar-refractivity contribution in [1.29, 1.82) is 0 Å². The molecule has 0 radical (unpaired) electrons. The second-order valence-electron chi connectivity index (χ2n) is 4.41. The molecular weight excluding hydrogens is 278 g/mol. The normalized spacial score (nSPS) is 11.1. The molecule has 0 fully saturated rings. The van der Waals surface area contributed by atoms with Gasteiger partial charge in [0.1, 0.15) is 21.7 Å². The molecule has 0 saturated carbocycles. The Morgan fingerprint density at radius 1 is 1.60 bits per heavy atom. The van der Waals surface area contributed by atoms with Crippen LogP contribution in [-0.4, -0.2) is 20.8 Å². The molecule has 0 spiro atoms. The second kappa shape index (κ2) is 4.64. The standard InChI is InChI=1S/C12H13N5O2S/c1-6-8-9(13)10(20-12(8)17(2)15-6)11(18)14-5-7-3-4-19-16-7/h3-4H,5,13H2,1-2H3,(H,14,18). The van der Waals surface area contributed by atoms with Crippen LogP contribution in [0, 0.1) is 6.92 Å². The molecule has 3 N–H and O–H groups in total. The number of nitrogens with one attached hydrogen (secondary N) is 1. The van der Waals surface area contributed by atoms with Crippen molar-refractivity contribution in [2.45, 2.75) is 13.5 Å². The zero-order valence-electron chi connectivity index (χ0n) is 11.0. The molecule has 1 amide bonds. The van der Waals surface area contributed by atoms with Gasteiger partial charge >= 0.3 is 0 Å². The average Bonchev–Trinajstić information content (AvgIpc) is 3.08. The highest BCUT2D eigenvalue weighted by atomic mass is 32.1. The van der Waals surface area contributed by atoms with Crippen molar-refractivity contribution < 1.29 is 9.32 Å². The van der Waals surface area contributed by atoms with Crippen molar-refractivity contribution in [1.82, 2.24) is 20.3 Å². The molecular formula is C12H13N5O2S. The van der Waals surface area contributed by atoms with Gasteiger partial charge in [0.2, 0.25) is 0 Å². The lowest BCUT2D eigenvalue weighted by Gasteiger charge is -2.01. The number of carbonyl (C=O) groups excluding carboxylic acids is 1. The molecule has 0 bridgehead atoms. The maximum atomic E-state index is 12.2. The molecule has 0 aliphatic carbocycles. The monoisotopic (exact) mass is 291 g/mol. The zero-order chi connectivity index (χ0) is 14.3. The minimum absolute atomic E-state index is 0.217. The number of rotatable bonds is 3. The predicted octanol–water partition coefficient (Wildman–Crippen LogP) is 1.44. The first-order valence-corrected chi connectivity index (χ1v) is 6.78. The number of thiophene rings is 1. The fourth-order valence-electron chi connectivity index (χ4n) is 2.08. The van der Waals surface area contributed by atoms with Gasteiger partial charge in [0.15, 0.2) is 0 Å². The Hall–Kier alpha value is -2.35. The van der Waals surface area contributed by atoms with Crippen LogP contribution in [0.5, 0.6) is 0 Å². The topological polar surface area (TPSA) is 99.0 Å². The van der Waals surface area contributed by atoms with Crippen LogP contribution in [0.3, 0.4) is 0 Å². The van der Waals surface area contributed by atoms with Gasteiger partial charge in [-0.2, -0.15) is 5.10 Å². The van der Waals surface area contributed by atoms with Gasteiger partial charge in [-0.1, -0.05) is 5.16 Å². The van der Waals surface area contributed by atoms with E-state index in [1.165, 1.54) is 17.6 Å². The molecule has 0 atom stereocenters. The number of nitrogen functional groups attached to an aromatic ring is 1. The van der Waals surface area contributed by atoms with Crippen molar-refractivity contribution in [3.05, 3.63) is 28.6 Å². The number of carbonyl (C=O) groups is 1.